The normalized spacial score (nSPS) is 17.5. The molecule has 0 spiro atoms. The van der Waals surface area contributed by atoms with E-state index in [2.05, 4.69) is 15.6 Å². The number of nitrogens with one attached hydrogen (secondary N) is 2. The van der Waals surface area contributed by atoms with E-state index >= 15 is 0 Å². The van der Waals surface area contributed by atoms with Crippen molar-refractivity contribution in [2.45, 2.75) is 25.4 Å². The molecule has 7 nitrogen and oxygen atoms in total. The summed E-state index contributed by atoms with van der Waals surface area (Å²) in [7, 11) is 0. The first-order valence-corrected chi connectivity index (χ1v) is 8.23. The largest absolute Gasteiger partial charge is 0.469 e. The van der Waals surface area contributed by atoms with Crippen LogP contribution in [-0.2, 0) is 15.9 Å². The van der Waals surface area contributed by atoms with E-state index < -0.39 is 0 Å². The topological polar surface area (TPSA) is 88.2 Å². The predicted octanol–water partition coefficient (Wildman–Crippen LogP) is 1.16. The van der Waals surface area contributed by atoms with Gasteiger partial charge in [0.1, 0.15) is 5.76 Å². The fraction of sp³-hybridized carbons (Fsp3) is 0.688. The number of ether oxygens (including phenoxy) is 2. The fourth-order valence-corrected chi connectivity index (χ4v) is 2.32. The predicted molar refractivity (Wildman–Crippen MR) is 103 cm³/mol. The van der Waals surface area contributed by atoms with Crippen LogP contribution in [0, 0.1) is 0 Å². The number of hydrogen-bond acceptors (Lipinski definition) is 5. The molecule has 1 fully saturated rings. The summed E-state index contributed by atoms with van der Waals surface area (Å²) in [6.07, 6.45) is 4.89. The molecule has 1 aromatic heterocycles. The van der Waals surface area contributed by atoms with Crippen molar-refractivity contribution in [3.63, 3.8) is 0 Å². The minimum Gasteiger partial charge on any atom is -0.469 e. The molecule has 0 amide bonds. The number of guanidine groups is 1. The van der Waals surface area contributed by atoms with Crippen LogP contribution in [0.15, 0.2) is 27.8 Å². The second-order valence-electron chi connectivity index (χ2n) is 5.34. The average Bonchev–Trinajstić information content (AvgIpc) is 3.25. The van der Waals surface area contributed by atoms with Crippen LogP contribution < -0.4 is 10.6 Å². The zero-order chi connectivity index (χ0) is 16.2. The van der Waals surface area contributed by atoms with Gasteiger partial charge in [0, 0.05) is 26.1 Å². The number of hydrogen-bond donors (Lipinski definition) is 3. The van der Waals surface area contributed by atoms with Crippen molar-refractivity contribution < 1.29 is 19.0 Å². The Labute approximate surface area is 160 Å². The lowest BCUT2D eigenvalue weighted by Gasteiger charge is -2.13. The molecule has 8 heteroatoms. The van der Waals surface area contributed by atoms with Gasteiger partial charge in [0.15, 0.2) is 5.96 Å². The monoisotopic (exact) mass is 453 g/mol. The van der Waals surface area contributed by atoms with Gasteiger partial charge in [-0.1, -0.05) is 0 Å². The minimum absolute atomic E-state index is 0. The van der Waals surface area contributed by atoms with Gasteiger partial charge >= 0.3 is 0 Å². The van der Waals surface area contributed by atoms with E-state index in [4.69, 9.17) is 19.0 Å². The van der Waals surface area contributed by atoms with Crippen molar-refractivity contribution >= 4 is 29.9 Å². The second kappa shape index (κ2) is 13.5. The molecule has 1 aliphatic rings. The van der Waals surface area contributed by atoms with E-state index in [0.29, 0.717) is 26.3 Å². The van der Waals surface area contributed by atoms with Gasteiger partial charge in [-0.15, -0.1) is 24.0 Å². The first-order valence-electron chi connectivity index (χ1n) is 8.23. The second-order valence-corrected chi connectivity index (χ2v) is 5.34. The summed E-state index contributed by atoms with van der Waals surface area (Å²) in [5.41, 5.74) is 0. The molecule has 1 aliphatic heterocycles. The van der Waals surface area contributed by atoms with Crippen molar-refractivity contribution in [2.75, 3.05) is 46.1 Å². The van der Waals surface area contributed by atoms with Crippen LogP contribution in [0.25, 0.3) is 0 Å². The molecule has 1 unspecified atom stereocenters. The summed E-state index contributed by atoms with van der Waals surface area (Å²) in [6.45, 7) is 3.80. The lowest BCUT2D eigenvalue weighted by Crippen LogP contribution is -2.40. The Morgan fingerprint density at radius 1 is 1.33 bits per heavy atom. The number of furan rings is 1. The van der Waals surface area contributed by atoms with E-state index in [9.17, 15) is 0 Å². The Morgan fingerprint density at radius 3 is 2.92 bits per heavy atom. The molecule has 0 bridgehead atoms. The number of aliphatic hydroxyl groups excluding tert-OH is 1. The first-order chi connectivity index (χ1) is 11.4. The highest BCUT2D eigenvalue weighted by Crippen LogP contribution is 2.11. The van der Waals surface area contributed by atoms with Crippen LogP contribution in [0.2, 0.25) is 0 Å². The third kappa shape index (κ3) is 8.86. The van der Waals surface area contributed by atoms with Gasteiger partial charge in [0.2, 0.25) is 0 Å². The van der Waals surface area contributed by atoms with Crippen molar-refractivity contribution in [1.29, 1.82) is 0 Å². The molecule has 1 aromatic rings. The Morgan fingerprint density at radius 2 is 2.21 bits per heavy atom. The van der Waals surface area contributed by atoms with Crippen molar-refractivity contribution in [3.8, 4) is 0 Å². The molecule has 0 aliphatic carbocycles. The standard InChI is InChI=1S/C16H27N3O4.HI/c20-8-12-21-11-7-18-16(19-13-15-4-2-10-23-15)17-6-5-14-3-1-9-22-14;/h1,3,9,15,20H,2,4-8,10-13H2,(H2,17,18,19);1H. The van der Waals surface area contributed by atoms with Crippen LogP contribution in [0.4, 0.5) is 0 Å². The Kier molecular flexibility index (Phi) is 11.9. The molecule has 24 heavy (non-hydrogen) atoms. The van der Waals surface area contributed by atoms with Crippen LogP contribution in [0.5, 0.6) is 0 Å². The SMILES string of the molecule is I.OCCOCCNC(=NCC1CCCO1)NCCc1ccco1. The van der Waals surface area contributed by atoms with Gasteiger partial charge in [0.05, 0.1) is 38.7 Å². The lowest BCUT2D eigenvalue weighted by atomic mass is 10.2. The Balaban J connectivity index is 0.00000288. The van der Waals surface area contributed by atoms with Crippen LogP contribution in [0.1, 0.15) is 18.6 Å². The zero-order valence-electron chi connectivity index (χ0n) is 13.9. The Hall–Kier alpha value is -0.840. The fourth-order valence-electron chi connectivity index (χ4n) is 2.32. The molecular formula is C16H28IN3O4. The van der Waals surface area contributed by atoms with Crippen LogP contribution >= 0.6 is 24.0 Å². The van der Waals surface area contributed by atoms with Crippen LogP contribution in [-0.4, -0.2) is 63.2 Å². The van der Waals surface area contributed by atoms with E-state index in [1.807, 2.05) is 12.1 Å². The molecule has 2 heterocycles. The number of aliphatic imine (C=N–C) groups is 1. The number of halogens is 1. The molecular weight excluding hydrogens is 425 g/mol. The smallest absolute Gasteiger partial charge is 0.191 e. The van der Waals surface area contributed by atoms with Gasteiger partial charge < -0.3 is 29.6 Å². The highest BCUT2D eigenvalue weighted by atomic mass is 127. The highest BCUT2D eigenvalue weighted by molar-refractivity contribution is 14.0. The van der Waals surface area contributed by atoms with Gasteiger partial charge in [0.25, 0.3) is 0 Å². The summed E-state index contributed by atoms with van der Waals surface area (Å²) < 4.78 is 16.2. The van der Waals surface area contributed by atoms with Gasteiger partial charge in [-0.3, -0.25) is 4.99 Å². The third-order valence-electron chi connectivity index (χ3n) is 3.50. The van der Waals surface area contributed by atoms with E-state index in [0.717, 1.165) is 44.1 Å². The quantitative estimate of drug-likeness (QED) is 0.213. The summed E-state index contributed by atoms with van der Waals surface area (Å²) >= 11 is 0. The zero-order valence-corrected chi connectivity index (χ0v) is 16.2. The molecule has 1 saturated heterocycles. The molecule has 0 saturated carbocycles. The van der Waals surface area contributed by atoms with E-state index in [1.54, 1.807) is 6.26 Å². The molecule has 1 atom stereocenters. The maximum absolute atomic E-state index is 8.68. The summed E-state index contributed by atoms with van der Waals surface area (Å²) in [6, 6.07) is 3.85. The first kappa shape index (κ1) is 21.2. The maximum atomic E-state index is 8.68. The third-order valence-corrected chi connectivity index (χ3v) is 3.50. The van der Waals surface area contributed by atoms with Crippen molar-refractivity contribution in [3.05, 3.63) is 24.2 Å². The maximum Gasteiger partial charge on any atom is 0.191 e. The number of nitrogens with zero attached hydrogens (tertiary/aromatic N) is 1. The van der Waals surface area contributed by atoms with E-state index in [1.165, 1.54) is 0 Å². The van der Waals surface area contributed by atoms with Gasteiger partial charge in [-0.25, -0.2) is 0 Å². The summed E-state index contributed by atoms with van der Waals surface area (Å²) in [5.74, 6) is 1.70. The molecule has 138 valence electrons. The van der Waals surface area contributed by atoms with E-state index in [-0.39, 0.29) is 36.7 Å². The molecule has 3 N–H and O–H groups in total. The summed E-state index contributed by atoms with van der Waals surface area (Å²) in [4.78, 5) is 4.58. The average molecular weight is 453 g/mol. The van der Waals surface area contributed by atoms with Crippen LogP contribution in [0.3, 0.4) is 0 Å². The van der Waals surface area contributed by atoms with Gasteiger partial charge in [-0.05, 0) is 25.0 Å². The van der Waals surface area contributed by atoms with Crippen molar-refractivity contribution in [2.24, 2.45) is 4.99 Å². The number of aliphatic hydroxyl groups is 1. The minimum atomic E-state index is 0. The molecule has 0 aromatic carbocycles. The van der Waals surface area contributed by atoms with Gasteiger partial charge in [-0.2, -0.15) is 0 Å². The molecule has 2 rings (SSSR count). The number of rotatable bonds is 10. The Bertz CT molecular complexity index is 437. The highest BCUT2D eigenvalue weighted by Gasteiger charge is 2.14. The molecule has 0 radical (unpaired) electrons. The summed E-state index contributed by atoms with van der Waals surface area (Å²) in [5, 5.41) is 15.2. The lowest BCUT2D eigenvalue weighted by molar-refractivity contribution is 0.0957. The van der Waals surface area contributed by atoms with Crippen molar-refractivity contribution in [1.82, 2.24) is 10.6 Å².